The van der Waals surface area contributed by atoms with Gasteiger partial charge in [-0.3, -0.25) is 0 Å². The fourth-order valence-corrected chi connectivity index (χ4v) is 4.24. The van der Waals surface area contributed by atoms with Gasteiger partial charge in [-0.2, -0.15) is 0 Å². The number of piperidine rings is 3. The molecule has 4 aliphatic rings. The number of fused-ring (bicyclic) bond motifs is 3. The van der Waals surface area contributed by atoms with Crippen LogP contribution in [0.5, 0.6) is 0 Å². The Hall–Kier alpha value is -0.160. The Morgan fingerprint density at radius 3 is 2.35 bits per heavy atom. The maximum Gasteiger partial charge on any atom is 0.0882 e. The summed E-state index contributed by atoms with van der Waals surface area (Å²) in [7, 11) is 1.71. The lowest BCUT2D eigenvalue weighted by molar-refractivity contribution is -0.251. The van der Waals surface area contributed by atoms with Gasteiger partial charge in [0.2, 0.25) is 0 Å². The normalized spacial score (nSPS) is 53.5. The SMILES string of the molecule is COC1CC(CO)(C2(O)CN3CCC2CC3)C1. The van der Waals surface area contributed by atoms with Crippen LogP contribution in [0, 0.1) is 11.3 Å². The second kappa shape index (κ2) is 3.92. The van der Waals surface area contributed by atoms with Crippen LogP contribution in [0.15, 0.2) is 0 Å². The van der Waals surface area contributed by atoms with Crippen molar-refractivity contribution in [1.29, 1.82) is 0 Å². The van der Waals surface area contributed by atoms with Crippen molar-refractivity contribution in [2.24, 2.45) is 11.3 Å². The summed E-state index contributed by atoms with van der Waals surface area (Å²) in [6.45, 7) is 3.06. The fourth-order valence-electron chi connectivity index (χ4n) is 4.24. The second-order valence-corrected chi connectivity index (χ2v) is 6.18. The third-order valence-electron chi connectivity index (χ3n) is 5.52. The molecule has 1 aliphatic carbocycles. The van der Waals surface area contributed by atoms with E-state index >= 15 is 0 Å². The summed E-state index contributed by atoms with van der Waals surface area (Å²) in [6, 6.07) is 0. The Kier molecular flexibility index (Phi) is 2.74. The summed E-state index contributed by atoms with van der Waals surface area (Å²) < 4.78 is 5.32. The summed E-state index contributed by atoms with van der Waals surface area (Å²) in [6.07, 6.45) is 4.00. The summed E-state index contributed by atoms with van der Waals surface area (Å²) in [5.41, 5.74) is -0.995. The number of aliphatic hydroxyl groups excluding tert-OH is 1. The van der Waals surface area contributed by atoms with Gasteiger partial charge in [-0.15, -0.1) is 0 Å². The zero-order chi connectivity index (χ0) is 12.1. The molecule has 98 valence electrons. The molecule has 3 aliphatic heterocycles. The Morgan fingerprint density at radius 2 is 1.94 bits per heavy atom. The molecule has 4 nitrogen and oxygen atoms in total. The summed E-state index contributed by atoms with van der Waals surface area (Å²) in [5.74, 6) is 0.373. The Bertz CT molecular complexity index is 295. The average Bonchev–Trinajstić information content (AvgIpc) is 2.29. The molecule has 0 radical (unpaired) electrons. The highest BCUT2D eigenvalue weighted by Crippen LogP contribution is 2.56. The second-order valence-electron chi connectivity index (χ2n) is 6.18. The van der Waals surface area contributed by atoms with E-state index in [4.69, 9.17) is 4.74 Å². The molecular weight excluding hydrogens is 218 g/mol. The van der Waals surface area contributed by atoms with Crippen LogP contribution in [0.4, 0.5) is 0 Å². The number of hydrogen-bond donors (Lipinski definition) is 2. The quantitative estimate of drug-likeness (QED) is 0.743. The van der Waals surface area contributed by atoms with Crippen LogP contribution in [-0.2, 0) is 4.74 Å². The first-order chi connectivity index (χ1) is 8.13. The number of aliphatic hydroxyl groups is 2. The largest absolute Gasteiger partial charge is 0.396 e. The molecular formula is C13H23NO3. The van der Waals surface area contributed by atoms with Crippen molar-refractivity contribution < 1.29 is 14.9 Å². The summed E-state index contributed by atoms with van der Waals surface area (Å²) in [5, 5.41) is 20.8. The number of hydrogen-bond acceptors (Lipinski definition) is 4. The van der Waals surface area contributed by atoms with E-state index in [0.717, 1.165) is 45.3 Å². The van der Waals surface area contributed by atoms with Crippen LogP contribution in [0.25, 0.3) is 0 Å². The van der Waals surface area contributed by atoms with E-state index in [9.17, 15) is 10.2 Å². The monoisotopic (exact) mass is 241 g/mol. The minimum absolute atomic E-state index is 0.0910. The molecule has 2 N–H and O–H groups in total. The van der Waals surface area contributed by atoms with Crippen molar-refractivity contribution in [3.8, 4) is 0 Å². The Labute approximate surface area is 103 Å². The standard InChI is InChI=1S/C13H23NO3/c1-17-11-6-12(7-11,9-15)13(16)8-14-4-2-10(13)3-5-14/h10-11,15-16H,2-9H2,1H3. The molecule has 0 aromatic rings. The minimum Gasteiger partial charge on any atom is -0.396 e. The molecule has 1 unspecified atom stereocenters. The zero-order valence-corrected chi connectivity index (χ0v) is 10.6. The lowest BCUT2D eigenvalue weighted by Gasteiger charge is -2.63. The predicted octanol–water partition coefficient (Wildman–Crippen LogP) is 0.231. The highest BCUT2D eigenvalue weighted by Gasteiger charge is 2.63. The van der Waals surface area contributed by atoms with Crippen LogP contribution in [0.3, 0.4) is 0 Å². The summed E-state index contributed by atoms with van der Waals surface area (Å²) >= 11 is 0. The fraction of sp³-hybridized carbons (Fsp3) is 1.00. The van der Waals surface area contributed by atoms with Gasteiger partial charge in [-0.05, 0) is 44.7 Å². The highest BCUT2D eigenvalue weighted by molar-refractivity contribution is 5.14. The lowest BCUT2D eigenvalue weighted by atomic mass is 9.51. The topological polar surface area (TPSA) is 52.9 Å². The Morgan fingerprint density at radius 1 is 1.29 bits per heavy atom. The average molecular weight is 241 g/mol. The zero-order valence-electron chi connectivity index (χ0n) is 10.6. The van der Waals surface area contributed by atoms with Crippen molar-refractivity contribution in [2.75, 3.05) is 33.4 Å². The summed E-state index contributed by atoms with van der Waals surface area (Å²) in [4.78, 5) is 2.34. The molecule has 0 amide bonds. The maximum atomic E-state index is 11.1. The molecule has 3 saturated heterocycles. The third-order valence-corrected chi connectivity index (χ3v) is 5.52. The van der Waals surface area contributed by atoms with E-state index in [0.29, 0.717) is 5.92 Å². The van der Waals surface area contributed by atoms with Crippen LogP contribution in [0.1, 0.15) is 25.7 Å². The van der Waals surface area contributed by atoms with Crippen LogP contribution >= 0.6 is 0 Å². The molecule has 0 spiro atoms. The van der Waals surface area contributed by atoms with Gasteiger partial charge in [0.05, 0.1) is 18.3 Å². The van der Waals surface area contributed by atoms with Crippen molar-refractivity contribution in [2.45, 2.75) is 37.4 Å². The maximum absolute atomic E-state index is 11.1. The van der Waals surface area contributed by atoms with Crippen molar-refractivity contribution in [3.05, 3.63) is 0 Å². The van der Waals surface area contributed by atoms with Gasteiger partial charge in [0, 0.05) is 19.1 Å². The molecule has 4 rings (SSSR count). The van der Waals surface area contributed by atoms with E-state index in [2.05, 4.69) is 4.90 Å². The van der Waals surface area contributed by atoms with E-state index in [1.54, 1.807) is 7.11 Å². The van der Waals surface area contributed by atoms with E-state index in [-0.39, 0.29) is 18.1 Å². The molecule has 4 fully saturated rings. The predicted molar refractivity (Wildman–Crippen MR) is 63.7 cm³/mol. The van der Waals surface area contributed by atoms with Crippen LogP contribution < -0.4 is 0 Å². The van der Waals surface area contributed by atoms with Crippen molar-refractivity contribution >= 4 is 0 Å². The molecule has 0 aromatic heterocycles. The highest BCUT2D eigenvalue weighted by atomic mass is 16.5. The number of nitrogens with zero attached hydrogens (tertiary/aromatic N) is 1. The van der Waals surface area contributed by atoms with Crippen LogP contribution in [-0.4, -0.2) is 60.2 Å². The molecule has 17 heavy (non-hydrogen) atoms. The first-order valence-corrected chi connectivity index (χ1v) is 6.72. The first-order valence-electron chi connectivity index (χ1n) is 6.72. The first kappa shape index (κ1) is 11.9. The molecule has 3 heterocycles. The van der Waals surface area contributed by atoms with Crippen LogP contribution in [0.2, 0.25) is 0 Å². The van der Waals surface area contributed by atoms with E-state index in [1.165, 1.54) is 0 Å². The Balaban J connectivity index is 1.82. The van der Waals surface area contributed by atoms with Gasteiger partial charge in [0.15, 0.2) is 0 Å². The molecule has 1 saturated carbocycles. The van der Waals surface area contributed by atoms with Gasteiger partial charge in [-0.25, -0.2) is 0 Å². The third kappa shape index (κ3) is 1.51. The molecule has 0 aromatic carbocycles. The number of methoxy groups -OCH3 is 1. The van der Waals surface area contributed by atoms with Gasteiger partial charge in [0.25, 0.3) is 0 Å². The van der Waals surface area contributed by atoms with Crippen molar-refractivity contribution in [1.82, 2.24) is 4.90 Å². The van der Waals surface area contributed by atoms with Gasteiger partial charge in [0.1, 0.15) is 0 Å². The number of ether oxygens (including phenoxy) is 1. The smallest absolute Gasteiger partial charge is 0.0882 e. The molecule has 4 heteroatoms. The van der Waals surface area contributed by atoms with Crippen molar-refractivity contribution in [3.63, 3.8) is 0 Å². The number of rotatable bonds is 3. The lowest BCUT2D eigenvalue weighted by Crippen LogP contribution is -2.71. The van der Waals surface area contributed by atoms with E-state index in [1.807, 2.05) is 0 Å². The van der Waals surface area contributed by atoms with Gasteiger partial charge < -0.3 is 19.8 Å². The van der Waals surface area contributed by atoms with Gasteiger partial charge >= 0.3 is 0 Å². The van der Waals surface area contributed by atoms with E-state index < -0.39 is 5.60 Å². The minimum atomic E-state index is -0.687. The molecule has 1 atom stereocenters. The molecule has 2 bridgehead atoms. The van der Waals surface area contributed by atoms with Gasteiger partial charge in [-0.1, -0.05) is 0 Å².